The molecule has 0 spiro atoms. The maximum Gasteiger partial charge on any atom is 0.472 e. The summed E-state index contributed by atoms with van der Waals surface area (Å²) in [4.78, 5) is 60.5. The number of nitrogens with two attached hydrogens (primary N) is 1. The smallest absolute Gasteiger partial charge is 0.396 e. The van der Waals surface area contributed by atoms with E-state index in [0.717, 1.165) is 0 Å². The van der Waals surface area contributed by atoms with Gasteiger partial charge in [0.05, 0.1) is 55.4 Å². The summed E-state index contributed by atoms with van der Waals surface area (Å²) < 4.78 is 111. The van der Waals surface area contributed by atoms with Gasteiger partial charge >= 0.3 is 39.1 Å². The predicted molar refractivity (Wildman–Crippen MR) is 221 cm³/mol. The Morgan fingerprint density at radius 2 is 0.917 bits per heavy atom. The van der Waals surface area contributed by atoms with Crippen molar-refractivity contribution < 1.29 is 98.0 Å². The molecule has 0 bridgehead atoms. The van der Waals surface area contributed by atoms with Crippen LogP contribution in [0.5, 0.6) is 0 Å². The van der Waals surface area contributed by atoms with E-state index < -0.39 is 111 Å². The van der Waals surface area contributed by atoms with Gasteiger partial charge in [-0.1, -0.05) is 41.5 Å². The quantitative estimate of drug-likeness (QED) is 0.0298. The zero-order valence-corrected chi connectivity index (χ0v) is 41.6. The Hall–Kier alpha value is 0.470. The Morgan fingerprint density at radius 3 is 1.27 bits per heavy atom. The summed E-state index contributed by atoms with van der Waals surface area (Å²) in [5.41, 5.74) is -0.391. The normalized spacial score (nSPS) is 22.7. The van der Waals surface area contributed by atoms with Crippen LogP contribution in [0.1, 0.15) is 128 Å². The Bertz CT molecular complexity index is 1550. The van der Waals surface area contributed by atoms with Gasteiger partial charge in [-0.15, -0.1) is 0 Å². The molecule has 0 aromatic carbocycles. The van der Waals surface area contributed by atoms with Gasteiger partial charge in [0.15, 0.2) is 0 Å². The first-order chi connectivity index (χ1) is 26.9. The van der Waals surface area contributed by atoms with Gasteiger partial charge in [0, 0.05) is 42.7 Å². The van der Waals surface area contributed by atoms with Crippen molar-refractivity contribution >= 4 is 39.1 Å². The topological polar surface area (TPSA) is 336 Å². The Balaban J connectivity index is 5.83. The van der Waals surface area contributed by atoms with Gasteiger partial charge in [-0.25, -0.2) is 22.8 Å². The molecule has 22 nitrogen and oxygen atoms in total. The zero-order valence-electron chi connectivity index (χ0n) is 37.1. The molecule has 0 saturated heterocycles. The maximum atomic E-state index is 13.4. The van der Waals surface area contributed by atoms with Gasteiger partial charge in [-0.2, -0.15) is 0 Å². The van der Waals surface area contributed by atoms with Gasteiger partial charge in [-0.05, 0) is 73.6 Å². The lowest BCUT2D eigenvalue weighted by Gasteiger charge is -2.40. The predicted octanol–water partition coefficient (Wildman–Crippen LogP) is 7.09. The van der Waals surface area contributed by atoms with Crippen LogP contribution in [-0.4, -0.2) is 102 Å². The van der Waals surface area contributed by atoms with Crippen molar-refractivity contribution in [3.05, 3.63) is 0 Å². The van der Waals surface area contributed by atoms with Crippen LogP contribution >= 0.6 is 39.1 Å². The summed E-state index contributed by atoms with van der Waals surface area (Å²) in [6.45, 7) is 16.3. The first kappa shape index (κ1) is 60.5. The van der Waals surface area contributed by atoms with E-state index in [2.05, 4.69) is 4.52 Å². The molecule has 9 N–H and O–H groups in total. The third-order valence-electron chi connectivity index (χ3n) is 10.4. The Labute approximate surface area is 355 Å². The molecule has 0 saturated carbocycles. The monoisotopic (exact) mass is 975 g/mol. The molecule has 0 heterocycles. The van der Waals surface area contributed by atoms with Gasteiger partial charge in [-0.3, -0.25) is 40.7 Å². The highest BCUT2D eigenvalue weighted by molar-refractivity contribution is 7.48. The summed E-state index contributed by atoms with van der Waals surface area (Å²) in [7, 11) is -24.0. The first-order valence-corrected chi connectivity index (χ1v) is 27.2. The number of phosphoric ester groups is 5. The molecule has 27 heteroatoms. The van der Waals surface area contributed by atoms with Crippen molar-refractivity contribution in [3.63, 3.8) is 0 Å². The van der Waals surface area contributed by atoms with Crippen molar-refractivity contribution in [1.29, 1.82) is 0 Å². The zero-order chi connectivity index (χ0) is 47.3. The number of rotatable bonds is 34. The fourth-order valence-electron chi connectivity index (χ4n) is 5.38. The molecule has 0 aliphatic heterocycles. The summed E-state index contributed by atoms with van der Waals surface area (Å²) in [6, 6.07) is 0. The Morgan fingerprint density at radius 1 is 0.533 bits per heavy atom. The van der Waals surface area contributed by atoms with E-state index in [-0.39, 0.29) is 58.2 Å². The van der Waals surface area contributed by atoms with Crippen LogP contribution in [0.15, 0.2) is 0 Å². The van der Waals surface area contributed by atoms with Crippen molar-refractivity contribution in [1.82, 2.24) is 0 Å². The second kappa shape index (κ2) is 24.3. The van der Waals surface area contributed by atoms with Crippen LogP contribution < -0.4 is 5.73 Å². The molecule has 0 rings (SSSR count). The molecule has 60 heavy (non-hydrogen) atoms. The minimum Gasteiger partial charge on any atom is -0.396 e. The van der Waals surface area contributed by atoms with Crippen LogP contribution in [0.4, 0.5) is 0 Å². The molecule has 0 aromatic rings. The average Bonchev–Trinajstić information content (AvgIpc) is 3.09. The molecule has 11 atom stereocenters. The van der Waals surface area contributed by atoms with Crippen molar-refractivity contribution in [2.75, 3.05) is 39.6 Å². The highest BCUT2D eigenvalue weighted by atomic mass is 31.2. The van der Waals surface area contributed by atoms with E-state index >= 15 is 0 Å². The molecule has 0 aliphatic rings. The van der Waals surface area contributed by atoms with Gasteiger partial charge < -0.3 is 40.2 Å². The second-order valence-electron chi connectivity index (χ2n) is 16.8. The third kappa shape index (κ3) is 24.1. The standard InChI is InChI=1S/C33H74NO21P5/c1-13-30(9,52-59(43,44)50-23-26(5)22-35)18-20-48-58(41,42)55-33(12,16-4)28(21-29(7,8)34)25-51-60(45,46)53-31(10,14-2)17-19-47-57(39,40)54-32(11,15-3)27(6)24-49-56(36,37)38/h26-28,35H,13-25,34H2,1-12H3,(H,39,40)(H,41,42)(H,43,44)(H,45,46)(H2,36,37,38). The Kier molecular flexibility index (Phi) is 24.5. The minimum atomic E-state index is -4.94. The van der Waals surface area contributed by atoms with Gasteiger partial charge in [0.1, 0.15) is 0 Å². The van der Waals surface area contributed by atoms with E-state index in [0.29, 0.717) is 0 Å². The summed E-state index contributed by atoms with van der Waals surface area (Å²) >= 11 is 0. The largest absolute Gasteiger partial charge is 0.472 e. The molecular formula is C33H74NO21P5. The second-order valence-corrected chi connectivity index (χ2v) is 23.6. The molecule has 0 aromatic heterocycles. The van der Waals surface area contributed by atoms with Crippen LogP contribution in [0, 0.1) is 17.8 Å². The number of aliphatic hydroxyl groups is 1. The lowest BCUT2D eigenvalue weighted by Crippen LogP contribution is -2.46. The van der Waals surface area contributed by atoms with Crippen LogP contribution in [0.3, 0.4) is 0 Å². The van der Waals surface area contributed by atoms with Gasteiger partial charge in [0.2, 0.25) is 0 Å². The van der Waals surface area contributed by atoms with Crippen molar-refractivity contribution in [2.45, 2.75) is 156 Å². The van der Waals surface area contributed by atoms with E-state index in [1.54, 1.807) is 48.5 Å². The number of phosphoric acid groups is 5. The molecule has 362 valence electrons. The number of hydrogen-bond acceptors (Lipinski definition) is 16. The molecule has 11 unspecified atom stereocenters. The van der Waals surface area contributed by atoms with Crippen molar-refractivity contribution in [3.8, 4) is 0 Å². The van der Waals surface area contributed by atoms with Crippen LogP contribution in [0.2, 0.25) is 0 Å². The summed E-state index contributed by atoms with van der Waals surface area (Å²) in [5, 5.41) is 9.17. The summed E-state index contributed by atoms with van der Waals surface area (Å²) in [6.07, 6.45) is 0.166. The molecule has 0 aliphatic carbocycles. The third-order valence-corrected chi connectivity index (χ3v) is 15.5. The van der Waals surface area contributed by atoms with E-state index in [1.807, 2.05) is 0 Å². The molecular weight excluding hydrogens is 901 g/mol. The fraction of sp³-hybridized carbons (Fsp3) is 1.00. The molecule has 0 radical (unpaired) electrons. The molecule has 0 fully saturated rings. The van der Waals surface area contributed by atoms with Gasteiger partial charge in [0.25, 0.3) is 0 Å². The minimum absolute atomic E-state index is 0.0468. The van der Waals surface area contributed by atoms with E-state index in [4.69, 9.17) is 56.8 Å². The SMILES string of the molecule is CCC(C)(CCOP(=O)(O)OC(C)(CC)C(COP(=O)(O)OC(C)(CC)CCOP(=O)(O)OC(C)(CC)C(C)COP(=O)(O)O)CC(C)(C)N)OP(=O)(O)OCC(C)CO. The molecule has 0 amide bonds. The van der Waals surface area contributed by atoms with Crippen molar-refractivity contribution in [2.24, 2.45) is 23.5 Å². The highest BCUT2D eigenvalue weighted by Crippen LogP contribution is 2.56. The fourth-order valence-corrected chi connectivity index (χ4v) is 10.7. The van der Waals surface area contributed by atoms with Crippen LogP contribution in [-0.2, 0) is 63.5 Å². The van der Waals surface area contributed by atoms with E-state index in [9.17, 15) is 42.4 Å². The maximum absolute atomic E-state index is 13.4. The lowest BCUT2D eigenvalue weighted by atomic mass is 9.79. The number of aliphatic hydroxyl groups excluding tert-OH is 1. The van der Waals surface area contributed by atoms with E-state index in [1.165, 1.54) is 34.6 Å². The first-order valence-electron chi connectivity index (χ1n) is 19.7. The highest BCUT2D eigenvalue weighted by Gasteiger charge is 2.46. The number of hydrogen-bond donors (Lipinski definition) is 8. The lowest BCUT2D eigenvalue weighted by molar-refractivity contribution is -0.0493. The van der Waals surface area contributed by atoms with Crippen LogP contribution in [0.25, 0.3) is 0 Å². The average molecular weight is 976 g/mol. The summed E-state index contributed by atoms with van der Waals surface area (Å²) in [5.74, 6) is -2.12.